The Morgan fingerprint density at radius 3 is 2.41 bits per heavy atom. The summed E-state index contributed by atoms with van der Waals surface area (Å²) >= 11 is 0. The molecular formula is C25H23N3O5S. The monoisotopic (exact) mass is 477 g/mol. The van der Waals surface area contributed by atoms with Gasteiger partial charge in [-0.25, -0.2) is 13.2 Å². The number of nitrogens with zero attached hydrogens (tertiary/aromatic N) is 2. The number of rotatable bonds is 8. The summed E-state index contributed by atoms with van der Waals surface area (Å²) in [6.45, 7) is 2.64. The molecule has 0 aliphatic heterocycles. The lowest BCUT2D eigenvalue weighted by atomic mass is 10.1. The average molecular weight is 478 g/mol. The van der Waals surface area contributed by atoms with Crippen LogP contribution in [-0.4, -0.2) is 33.4 Å². The minimum absolute atomic E-state index is 0.0189. The number of sulfonamides is 1. The van der Waals surface area contributed by atoms with E-state index in [1.54, 1.807) is 55.5 Å². The number of aryl methyl sites for hydroxylation is 2. The second kappa shape index (κ2) is 10.6. The van der Waals surface area contributed by atoms with Gasteiger partial charge < -0.3 is 4.74 Å². The number of ether oxygens (including phenoxy) is 1. The molecule has 0 heterocycles. The maximum absolute atomic E-state index is 12.9. The predicted octanol–water partition coefficient (Wildman–Crippen LogP) is 3.82. The van der Waals surface area contributed by atoms with Gasteiger partial charge in [0.05, 0.1) is 16.5 Å². The number of anilines is 2. The number of hydrogen-bond acceptors (Lipinski definition) is 6. The summed E-state index contributed by atoms with van der Waals surface area (Å²) in [5, 5.41) is 9.04. The lowest BCUT2D eigenvalue weighted by molar-refractivity contribution is -0.121. The molecule has 0 bridgehead atoms. The Hall–Kier alpha value is -4.16. The van der Waals surface area contributed by atoms with Crippen molar-refractivity contribution in [2.45, 2.75) is 18.7 Å². The van der Waals surface area contributed by atoms with Crippen molar-refractivity contribution in [2.75, 3.05) is 22.8 Å². The van der Waals surface area contributed by atoms with Gasteiger partial charge >= 0.3 is 5.97 Å². The SMILES string of the molecule is Cc1cccc(NS(=O)(=O)c2cc(C(=O)OCC(=O)N(CC#N)c3ccccc3)ccc2C)c1. The molecule has 34 heavy (non-hydrogen) atoms. The highest BCUT2D eigenvalue weighted by atomic mass is 32.2. The number of amides is 1. The number of nitrogens with one attached hydrogen (secondary N) is 1. The minimum Gasteiger partial charge on any atom is -0.452 e. The summed E-state index contributed by atoms with van der Waals surface area (Å²) < 4.78 is 33.5. The van der Waals surface area contributed by atoms with Gasteiger partial charge in [-0.1, -0.05) is 36.4 Å². The van der Waals surface area contributed by atoms with E-state index in [1.165, 1.54) is 23.1 Å². The number of carbonyl (C=O) groups excluding carboxylic acids is 2. The van der Waals surface area contributed by atoms with Crippen LogP contribution in [0.1, 0.15) is 21.5 Å². The number of carbonyl (C=O) groups is 2. The van der Waals surface area contributed by atoms with E-state index in [1.807, 2.05) is 19.1 Å². The Balaban J connectivity index is 1.75. The van der Waals surface area contributed by atoms with Gasteiger partial charge in [0.15, 0.2) is 6.61 Å². The molecule has 3 aromatic rings. The molecule has 0 spiro atoms. The van der Waals surface area contributed by atoms with Crippen molar-refractivity contribution >= 4 is 33.3 Å². The van der Waals surface area contributed by atoms with E-state index in [-0.39, 0.29) is 17.0 Å². The van der Waals surface area contributed by atoms with Crippen LogP contribution in [0.15, 0.2) is 77.7 Å². The van der Waals surface area contributed by atoms with E-state index in [0.29, 0.717) is 16.9 Å². The van der Waals surface area contributed by atoms with E-state index in [4.69, 9.17) is 10.00 Å². The lowest BCUT2D eigenvalue weighted by Gasteiger charge is -2.19. The lowest BCUT2D eigenvalue weighted by Crippen LogP contribution is -2.35. The number of benzene rings is 3. The quantitative estimate of drug-likeness (QED) is 0.389. The molecule has 3 aromatic carbocycles. The Bertz CT molecular complexity index is 1350. The molecule has 0 unspecified atom stereocenters. The second-order valence-corrected chi connectivity index (χ2v) is 9.16. The fourth-order valence-corrected chi connectivity index (χ4v) is 4.55. The first-order chi connectivity index (χ1) is 16.2. The van der Waals surface area contributed by atoms with E-state index in [0.717, 1.165) is 5.56 Å². The summed E-state index contributed by atoms with van der Waals surface area (Å²) in [5.41, 5.74) is 2.21. The summed E-state index contributed by atoms with van der Waals surface area (Å²) in [4.78, 5) is 26.3. The van der Waals surface area contributed by atoms with Crippen LogP contribution in [0.4, 0.5) is 11.4 Å². The van der Waals surface area contributed by atoms with Gasteiger partial charge in [-0.05, 0) is 61.4 Å². The topological polar surface area (TPSA) is 117 Å². The fourth-order valence-electron chi connectivity index (χ4n) is 3.23. The van der Waals surface area contributed by atoms with Crippen molar-refractivity contribution in [1.82, 2.24) is 0 Å². The molecule has 0 saturated carbocycles. The Morgan fingerprint density at radius 1 is 1.00 bits per heavy atom. The normalized spacial score (nSPS) is 10.7. The third-order valence-corrected chi connectivity index (χ3v) is 6.43. The minimum atomic E-state index is -3.97. The zero-order valence-electron chi connectivity index (χ0n) is 18.7. The Labute approximate surface area is 198 Å². The largest absolute Gasteiger partial charge is 0.452 e. The molecule has 0 aliphatic rings. The van der Waals surface area contributed by atoms with Crippen LogP contribution in [0.25, 0.3) is 0 Å². The molecule has 0 atom stereocenters. The van der Waals surface area contributed by atoms with Crippen LogP contribution in [0.3, 0.4) is 0 Å². The summed E-state index contributed by atoms with van der Waals surface area (Å²) in [6, 6.07) is 21.5. The van der Waals surface area contributed by atoms with Gasteiger partial charge in [-0.15, -0.1) is 0 Å². The van der Waals surface area contributed by atoms with Crippen molar-refractivity contribution in [2.24, 2.45) is 0 Å². The molecule has 0 saturated heterocycles. The summed E-state index contributed by atoms with van der Waals surface area (Å²) in [5.74, 6) is -1.44. The first-order valence-corrected chi connectivity index (χ1v) is 11.8. The van der Waals surface area contributed by atoms with Crippen molar-refractivity contribution in [3.8, 4) is 6.07 Å². The van der Waals surface area contributed by atoms with E-state index in [9.17, 15) is 18.0 Å². The van der Waals surface area contributed by atoms with Crippen LogP contribution in [0.5, 0.6) is 0 Å². The van der Waals surface area contributed by atoms with Gasteiger partial charge in [0, 0.05) is 11.4 Å². The van der Waals surface area contributed by atoms with E-state index >= 15 is 0 Å². The highest BCUT2D eigenvalue weighted by Gasteiger charge is 2.22. The maximum Gasteiger partial charge on any atom is 0.338 e. The first-order valence-electron chi connectivity index (χ1n) is 10.3. The smallest absolute Gasteiger partial charge is 0.338 e. The van der Waals surface area contributed by atoms with Gasteiger partial charge in [0.2, 0.25) is 0 Å². The highest BCUT2D eigenvalue weighted by molar-refractivity contribution is 7.92. The molecule has 1 N–H and O–H groups in total. The zero-order chi connectivity index (χ0) is 24.7. The van der Waals surface area contributed by atoms with Gasteiger partial charge in [0.25, 0.3) is 15.9 Å². The van der Waals surface area contributed by atoms with Gasteiger partial charge in [-0.3, -0.25) is 14.4 Å². The first kappa shape index (κ1) is 24.5. The fraction of sp³-hybridized carbons (Fsp3) is 0.160. The third kappa shape index (κ3) is 5.99. The second-order valence-electron chi connectivity index (χ2n) is 7.50. The number of esters is 1. The average Bonchev–Trinajstić information content (AvgIpc) is 2.81. The molecule has 1 amide bonds. The Kier molecular flexibility index (Phi) is 7.66. The predicted molar refractivity (Wildman–Crippen MR) is 128 cm³/mol. The van der Waals surface area contributed by atoms with Crippen molar-refractivity contribution in [3.63, 3.8) is 0 Å². The highest BCUT2D eigenvalue weighted by Crippen LogP contribution is 2.22. The summed E-state index contributed by atoms with van der Waals surface area (Å²) in [7, 11) is -3.97. The molecule has 3 rings (SSSR count). The van der Waals surface area contributed by atoms with Crippen molar-refractivity contribution < 1.29 is 22.7 Å². The van der Waals surface area contributed by atoms with Crippen molar-refractivity contribution in [1.29, 1.82) is 5.26 Å². The third-order valence-electron chi connectivity index (χ3n) is 4.91. The molecule has 0 aromatic heterocycles. The van der Waals surface area contributed by atoms with Crippen LogP contribution in [-0.2, 0) is 19.6 Å². The summed E-state index contributed by atoms with van der Waals surface area (Å²) in [6.07, 6.45) is 0. The molecular weight excluding hydrogens is 454 g/mol. The molecule has 9 heteroatoms. The van der Waals surface area contributed by atoms with Gasteiger partial charge in [0.1, 0.15) is 6.54 Å². The van der Waals surface area contributed by atoms with Gasteiger partial charge in [-0.2, -0.15) is 5.26 Å². The van der Waals surface area contributed by atoms with E-state index in [2.05, 4.69) is 4.72 Å². The van der Waals surface area contributed by atoms with Crippen LogP contribution in [0, 0.1) is 25.2 Å². The number of para-hydroxylation sites is 1. The molecule has 174 valence electrons. The Morgan fingerprint density at radius 2 is 1.74 bits per heavy atom. The molecule has 8 nitrogen and oxygen atoms in total. The molecule has 0 fully saturated rings. The standard InChI is InChI=1S/C25H23N3O5S/c1-18-7-6-8-21(15-18)27-34(31,32)23-16-20(12-11-19(23)2)25(30)33-17-24(29)28(14-13-26)22-9-4-3-5-10-22/h3-12,15-16,27H,14,17H2,1-2H3. The van der Waals surface area contributed by atoms with Crippen LogP contribution in [0.2, 0.25) is 0 Å². The zero-order valence-corrected chi connectivity index (χ0v) is 19.5. The number of hydrogen-bond donors (Lipinski definition) is 1. The van der Waals surface area contributed by atoms with Crippen LogP contribution >= 0.6 is 0 Å². The number of nitriles is 1. The van der Waals surface area contributed by atoms with Crippen molar-refractivity contribution in [3.05, 3.63) is 89.5 Å². The van der Waals surface area contributed by atoms with Crippen LogP contribution < -0.4 is 9.62 Å². The maximum atomic E-state index is 12.9. The van der Waals surface area contributed by atoms with E-state index < -0.39 is 28.5 Å². The molecule has 0 aliphatic carbocycles. The molecule has 0 radical (unpaired) electrons.